The number of amides is 1. The third-order valence-electron chi connectivity index (χ3n) is 5.35. The van der Waals surface area contributed by atoms with Crippen LogP contribution in [0.1, 0.15) is 36.2 Å². The Morgan fingerprint density at radius 1 is 1.24 bits per heavy atom. The summed E-state index contributed by atoms with van der Waals surface area (Å²) in [6.45, 7) is 5.44. The molecule has 2 atom stereocenters. The van der Waals surface area contributed by atoms with Crippen LogP contribution in [0.4, 0.5) is 0 Å². The van der Waals surface area contributed by atoms with Crippen LogP contribution in [0.15, 0.2) is 30.3 Å². The lowest BCUT2D eigenvalue weighted by Crippen LogP contribution is -2.51. The van der Waals surface area contributed by atoms with Gasteiger partial charge < -0.3 is 9.64 Å². The minimum atomic E-state index is 0.221. The molecule has 0 bridgehead atoms. The Bertz CT molecular complexity index is 766. The lowest BCUT2D eigenvalue weighted by atomic mass is 10.1. The van der Waals surface area contributed by atoms with Crippen molar-refractivity contribution in [2.45, 2.75) is 51.7 Å². The van der Waals surface area contributed by atoms with Gasteiger partial charge >= 0.3 is 0 Å². The molecule has 2 fully saturated rings. The number of aromatic nitrogens is 2. The second kappa shape index (κ2) is 6.64. The van der Waals surface area contributed by atoms with E-state index in [0.29, 0.717) is 13.0 Å². The van der Waals surface area contributed by atoms with Crippen molar-refractivity contribution in [2.75, 3.05) is 13.2 Å². The predicted octanol–water partition coefficient (Wildman–Crippen LogP) is 2.81. The van der Waals surface area contributed by atoms with Gasteiger partial charge in [-0.25, -0.2) is 4.68 Å². The van der Waals surface area contributed by atoms with E-state index in [2.05, 4.69) is 16.1 Å². The molecule has 0 N–H and O–H groups in total. The molecule has 1 aromatic heterocycles. The highest BCUT2D eigenvalue weighted by molar-refractivity contribution is 5.79. The van der Waals surface area contributed by atoms with Gasteiger partial charge in [0.05, 0.1) is 36.6 Å². The monoisotopic (exact) mass is 339 g/mol. The van der Waals surface area contributed by atoms with Crippen molar-refractivity contribution in [3.63, 3.8) is 0 Å². The zero-order valence-electron chi connectivity index (χ0n) is 14.9. The van der Waals surface area contributed by atoms with E-state index in [9.17, 15) is 4.79 Å². The Morgan fingerprint density at radius 3 is 2.76 bits per heavy atom. The molecular formula is C20H25N3O2. The van der Waals surface area contributed by atoms with Crippen molar-refractivity contribution in [2.24, 2.45) is 0 Å². The highest BCUT2D eigenvalue weighted by Gasteiger charge is 2.38. The first kappa shape index (κ1) is 16.3. The van der Waals surface area contributed by atoms with Gasteiger partial charge in [-0.05, 0) is 56.9 Å². The molecule has 1 aromatic carbocycles. The van der Waals surface area contributed by atoms with Crippen LogP contribution in [0, 0.1) is 13.8 Å². The van der Waals surface area contributed by atoms with E-state index in [-0.39, 0.29) is 18.1 Å². The van der Waals surface area contributed by atoms with Gasteiger partial charge in [0, 0.05) is 12.2 Å². The molecule has 4 rings (SSSR count). The van der Waals surface area contributed by atoms with Gasteiger partial charge in [0.15, 0.2) is 0 Å². The van der Waals surface area contributed by atoms with Crippen LogP contribution >= 0.6 is 0 Å². The van der Waals surface area contributed by atoms with Crippen molar-refractivity contribution in [1.29, 1.82) is 0 Å². The molecule has 1 aliphatic carbocycles. The van der Waals surface area contributed by atoms with Gasteiger partial charge in [-0.15, -0.1) is 0 Å². The fraction of sp³-hybridized carbons (Fsp3) is 0.500. The summed E-state index contributed by atoms with van der Waals surface area (Å²) in [5.41, 5.74) is 4.21. The van der Waals surface area contributed by atoms with Gasteiger partial charge in [0.2, 0.25) is 5.91 Å². The third kappa shape index (κ3) is 3.21. The Hall–Kier alpha value is -2.14. The maximum atomic E-state index is 12.8. The first-order chi connectivity index (χ1) is 12.1. The summed E-state index contributed by atoms with van der Waals surface area (Å²) in [6, 6.07) is 10.5. The van der Waals surface area contributed by atoms with Crippen LogP contribution in [-0.2, 0) is 16.0 Å². The predicted molar refractivity (Wildman–Crippen MR) is 95.8 cm³/mol. The number of morpholine rings is 1. The standard InChI is InChI=1S/C20H25N3O2/c1-14-12-15(2)23(21-14)17-8-6-16(7-9-17)13-20(24)22-10-11-25-19-5-3-4-18(19)22/h6-9,12,18-19H,3-5,10-11,13H2,1-2H3/t18-,19-/m1/s1. The van der Waals surface area contributed by atoms with Gasteiger partial charge in [-0.1, -0.05) is 12.1 Å². The summed E-state index contributed by atoms with van der Waals surface area (Å²) in [5.74, 6) is 0.221. The molecule has 1 amide bonds. The van der Waals surface area contributed by atoms with Gasteiger partial charge in [0.1, 0.15) is 0 Å². The number of nitrogens with zero attached hydrogens (tertiary/aromatic N) is 3. The molecule has 1 aliphatic heterocycles. The van der Waals surface area contributed by atoms with Crippen LogP contribution in [0.25, 0.3) is 5.69 Å². The third-order valence-corrected chi connectivity index (χ3v) is 5.35. The van der Waals surface area contributed by atoms with Crippen molar-refractivity contribution in [3.05, 3.63) is 47.3 Å². The lowest BCUT2D eigenvalue weighted by molar-refractivity contribution is -0.143. The summed E-state index contributed by atoms with van der Waals surface area (Å²) < 4.78 is 7.74. The molecule has 5 heteroatoms. The van der Waals surface area contributed by atoms with Crippen molar-refractivity contribution >= 4 is 5.91 Å². The zero-order chi connectivity index (χ0) is 17.4. The highest BCUT2D eigenvalue weighted by atomic mass is 16.5. The molecule has 2 heterocycles. The number of ether oxygens (including phenoxy) is 1. The fourth-order valence-corrected chi connectivity index (χ4v) is 4.16. The number of rotatable bonds is 3. The number of benzene rings is 1. The molecule has 1 saturated carbocycles. The summed E-state index contributed by atoms with van der Waals surface area (Å²) in [6.07, 6.45) is 4.04. The van der Waals surface area contributed by atoms with Crippen molar-refractivity contribution in [1.82, 2.24) is 14.7 Å². The summed E-state index contributed by atoms with van der Waals surface area (Å²) in [4.78, 5) is 14.8. The maximum absolute atomic E-state index is 12.8. The van der Waals surface area contributed by atoms with E-state index in [1.807, 2.05) is 42.8 Å². The lowest BCUT2D eigenvalue weighted by Gasteiger charge is -2.37. The number of hydrogen-bond acceptors (Lipinski definition) is 3. The number of carbonyl (C=O) groups is 1. The number of aryl methyl sites for hydroxylation is 2. The van der Waals surface area contributed by atoms with Gasteiger partial charge in [-0.2, -0.15) is 5.10 Å². The molecule has 5 nitrogen and oxygen atoms in total. The minimum Gasteiger partial charge on any atom is -0.374 e. The summed E-state index contributed by atoms with van der Waals surface area (Å²) in [5, 5.41) is 4.51. The fourth-order valence-electron chi connectivity index (χ4n) is 4.16. The second-order valence-corrected chi connectivity index (χ2v) is 7.18. The van der Waals surface area contributed by atoms with Gasteiger partial charge in [0.25, 0.3) is 0 Å². The number of hydrogen-bond donors (Lipinski definition) is 0. The van der Waals surface area contributed by atoms with E-state index in [4.69, 9.17) is 4.74 Å². The van der Waals surface area contributed by atoms with E-state index in [1.54, 1.807) is 0 Å². The Kier molecular flexibility index (Phi) is 4.34. The van der Waals surface area contributed by atoms with E-state index >= 15 is 0 Å². The Balaban J connectivity index is 1.46. The quantitative estimate of drug-likeness (QED) is 0.864. The molecule has 2 aliphatic rings. The van der Waals surface area contributed by atoms with Crippen molar-refractivity contribution < 1.29 is 9.53 Å². The van der Waals surface area contributed by atoms with E-state index in [0.717, 1.165) is 48.4 Å². The first-order valence-corrected chi connectivity index (χ1v) is 9.15. The molecule has 0 radical (unpaired) electrons. The molecule has 1 saturated heterocycles. The Morgan fingerprint density at radius 2 is 2.04 bits per heavy atom. The van der Waals surface area contributed by atoms with Gasteiger partial charge in [-0.3, -0.25) is 4.79 Å². The Labute approximate surface area is 148 Å². The highest BCUT2D eigenvalue weighted by Crippen LogP contribution is 2.30. The minimum absolute atomic E-state index is 0.221. The average Bonchev–Trinajstić information content (AvgIpc) is 3.21. The zero-order valence-corrected chi connectivity index (χ0v) is 14.9. The normalized spacial score (nSPS) is 22.9. The van der Waals surface area contributed by atoms with E-state index < -0.39 is 0 Å². The SMILES string of the molecule is Cc1cc(C)n(-c2ccc(CC(=O)N3CCO[C@@H]4CCC[C@H]43)cc2)n1. The van der Waals surface area contributed by atoms with Crippen LogP contribution in [0.5, 0.6) is 0 Å². The smallest absolute Gasteiger partial charge is 0.227 e. The summed E-state index contributed by atoms with van der Waals surface area (Å²) >= 11 is 0. The van der Waals surface area contributed by atoms with Crippen LogP contribution in [0.2, 0.25) is 0 Å². The molecule has 2 aromatic rings. The first-order valence-electron chi connectivity index (χ1n) is 9.15. The number of carbonyl (C=O) groups excluding carboxylic acids is 1. The largest absolute Gasteiger partial charge is 0.374 e. The molecular weight excluding hydrogens is 314 g/mol. The number of fused-ring (bicyclic) bond motifs is 1. The molecule has 132 valence electrons. The molecule has 0 unspecified atom stereocenters. The summed E-state index contributed by atoms with van der Waals surface area (Å²) in [7, 11) is 0. The topological polar surface area (TPSA) is 47.4 Å². The second-order valence-electron chi connectivity index (χ2n) is 7.18. The maximum Gasteiger partial charge on any atom is 0.227 e. The average molecular weight is 339 g/mol. The molecule has 25 heavy (non-hydrogen) atoms. The van der Waals surface area contributed by atoms with Crippen LogP contribution < -0.4 is 0 Å². The van der Waals surface area contributed by atoms with Crippen LogP contribution in [-0.4, -0.2) is 45.9 Å². The van der Waals surface area contributed by atoms with Crippen LogP contribution in [0.3, 0.4) is 0 Å². The van der Waals surface area contributed by atoms with E-state index in [1.165, 1.54) is 0 Å². The molecule has 0 spiro atoms. The van der Waals surface area contributed by atoms with Crippen molar-refractivity contribution in [3.8, 4) is 5.69 Å².